The van der Waals surface area contributed by atoms with Crippen LogP contribution in [0, 0.1) is 0 Å². The van der Waals surface area contributed by atoms with E-state index in [-0.39, 0.29) is 28.1 Å². The van der Waals surface area contributed by atoms with E-state index in [2.05, 4.69) is 15.4 Å². The quantitative estimate of drug-likeness (QED) is 0.325. The van der Waals surface area contributed by atoms with Gasteiger partial charge in [-0.05, 0) is 60.7 Å². The van der Waals surface area contributed by atoms with Crippen LogP contribution in [0.3, 0.4) is 0 Å². The van der Waals surface area contributed by atoms with Gasteiger partial charge in [0, 0.05) is 40.3 Å². The monoisotopic (exact) mass is 475 g/mol. The lowest BCUT2D eigenvalue weighted by molar-refractivity contribution is -0.114. The van der Waals surface area contributed by atoms with Gasteiger partial charge in [-0.15, -0.1) is 0 Å². The number of hydrogen-bond acceptors (Lipinski definition) is 5. The van der Waals surface area contributed by atoms with Crippen molar-refractivity contribution in [3.8, 4) is 5.75 Å². The van der Waals surface area contributed by atoms with E-state index < -0.39 is 10.0 Å². The maximum Gasteiger partial charge on any atom is 0.261 e. The number of hydrogen-bond donors (Lipinski definition) is 4. The standard InChI is InChI=1S/C25H21N3O5S/c1-16(29)26-18-12-14-20(15-13-18)34(32,33)28-19-10-8-17(9-11-19)25(31)27-23-6-2-5-22-21(23)4-3-7-24(22)30/h2-15,28,30H,1H3,(H,26,29)(H,27,31). The van der Waals surface area contributed by atoms with Crippen LogP contribution in [0.25, 0.3) is 10.8 Å². The summed E-state index contributed by atoms with van der Waals surface area (Å²) >= 11 is 0. The number of carbonyl (C=O) groups is 2. The largest absolute Gasteiger partial charge is 0.507 e. The van der Waals surface area contributed by atoms with Crippen molar-refractivity contribution in [1.82, 2.24) is 0 Å². The van der Waals surface area contributed by atoms with Crippen LogP contribution in [-0.2, 0) is 14.8 Å². The molecule has 0 aliphatic carbocycles. The zero-order valence-corrected chi connectivity index (χ0v) is 18.9. The fourth-order valence-electron chi connectivity index (χ4n) is 3.42. The molecule has 0 unspecified atom stereocenters. The molecule has 0 heterocycles. The Kier molecular flexibility index (Phi) is 6.20. The zero-order valence-electron chi connectivity index (χ0n) is 18.1. The highest BCUT2D eigenvalue weighted by Gasteiger charge is 2.15. The number of carbonyl (C=O) groups excluding carboxylic acids is 2. The van der Waals surface area contributed by atoms with Crippen LogP contribution >= 0.6 is 0 Å². The molecule has 0 saturated heterocycles. The Hall–Kier alpha value is -4.37. The third kappa shape index (κ3) is 5.00. The summed E-state index contributed by atoms with van der Waals surface area (Å²) in [5, 5.41) is 16.7. The van der Waals surface area contributed by atoms with Crippen LogP contribution in [0.2, 0.25) is 0 Å². The third-order valence-corrected chi connectivity index (χ3v) is 6.43. The highest BCUT2D eigenvalue weighted by atomic mass is 32.2. The fraction of sp³-hybridized carbons (Fsp3) is 0.0400. The minimum atomic E-state index is -3.86. The van der Waals surface area contributed by atoms with Crippen molar-refractivity contribution in [3.05, 3.63) is 90.5 Å². The van der Waals surface area contributed by atoms with E-state index in [9.17, 15) is 23.1 Å². The summed E-state index contributed by atoms with van der Waals surface area (Å²) in [6.07, 6.45) is 0. The molecule has 0 bridgehead atoms. The molecule has 34 heavy (non-hydrogen) atoms. The molecule has 0 aromatic heterocycles. The van der Waals surface area contributed by atoms with Crippen molar-refractivity contribution in [3.63, 3.8) is 0 Å². The first-order valence-electron chi connectivity index (χ1n) is 10.3. The van der Waals surface area contributed by atoms with Gasteiger partial charge in [0.15, 0.2) is 0 Å². The van der Waals surface area contributed by atoms with Gasteiger partial charge in [-0.3, -0.25) is 14.3 Å². The van der Waals surface area contributed by atoms with Crippen molar-refractivity contribution in [2.24, 2.45) is 0 Å². The van der Waals surface area contributed by atoms with Crippen LogP contribution in [0.4, 0.5) is 17.1 Å². The predicted octanol–water partition coefficient (Wildman–Crippen LogP) is 4.56. The second kappa shape index (κ2) is 9.24. The van der Waals surface area contributed by atoms with E-state index >= 15 is 0 Å². The summed E-state index contributed by atoms with van der Waals surface area (Å²) in [4.78, 5) is 23.9. The number of phenolic OH excluding ortho intramolecular Hbond substituents is 1. The Balaban J connectivity index is 1.47. The topological polar surface area (TPSA) is 125 Å². The molecule has 172 valence electrons. The van der Waals surface area contributed by atoms with Crippen LogP contribution in [0.5, 0.6) is 5.75 Å². The molecule has 0 saturated carbocycles. The lowest BCUT2D eigenvalue weighted by Crippen LogP contribution is -2.14. The Bertz CT molecular complexity index is 1480. The average molecular weight is 476 g/mol. The molecule has 2 amide bonds. The fourth-order valence-corrected chi connectivity index (χ4v) is 4.48. The Morgan fingerprint density at radius 3 is 2.03 bits per heavy atom. The molecular formula is C25H21N3O5S. The second-order valence-electron chi connectivity index (χ2n) is 7.52. The summed E-state index contributed by atoms with van der Waals surface area (Å²) in [7, 11) is -3.86. The van der Waals surface area contributed by atoms with Crippen molar-refractivity contribution < 1.29 is 23.1 Å². The van der Waals surface area contributed by atoms with Gasteiger partial charge in [-0.25, -0.2) is 8.42 Å². The van der Waals surface area contributed by atoms with Crippen molar-refractivity contribution in [2.75, 3.05) is 15.4 Å². The molecule has 4 aromatic carbocycles. The molecule has 4 rings (SSSR count). The van der Waals surface area contributed by atoms with E-state index in [1.807, 2.05) is 0 Å². The molecule has 0 fully saturated rings. The van der Waals surface area contributed by atoms with Gasteiger partial charge in [-0.2, -0.15) is 0 Å². The molecule has 0 spiro atoms. The first-order valence-corrected chi connectivity index (χ1v) is 11.7. The number of amides is 2. The van der Waals surface area contributed by atoms with Crippen LogP contribution in [-0.4, -0.2) is 25.3 Å². The maximum atomic E-state index is 12.7. The highest BCUT2D eigenvalue weighted by Crippen LogP contribution is 2.30. The lowest BCUT2D eigenvalue weighted by atomic mass is 10.1. The molecular weight excluding hydrogens is 454 g/mol. The number of aromatic hydroxyl groups is 1. The van der Waals surface area contributed by atoms with E-state index in [1.165, 1.54) is 55.5 Å². The van der Waals surface area contributed by atoms with E-state index in [4.69, 9.17) is 0 Å². The van der Waals surface area contributed by atoms with Gasteiger partial charge in [0.05, 0.1) is 4.90 Å². The van der Waals surface area contributed by atoms with Crippen LogP contribution < -0.4 is 15.4 Å². The van der Waals surface area contributed by atoms with E-state index in [1.54, 1.807) is 36.4 Å². The second-order valence-corrected chi connectivity index (χ2v) is 9.20. The molecule has 0 radical (unpaired) electrons. The summed E-state index contributed by atoms with van der Waals surface area (Å²) in [5.74, 6) is -0.509. The first-order chi connectivity index (χ1) is 16.2. The predicted molar refractivity (Wildman–Crippen MR) is 132 cm³/mol. The summed E-state index contributed by atoms with van der Waals surface area (Å²) in [5.41, 5.74) is 1.66. The van der Waals surface area contributed by atoms with Gasteiger partial charge in [0.25, 0.3) is 15.9 Å². The SMILES string of the molecule is CC(=O)Nc1ccc(S(=O)(=O)Nc2ccc(C(=O)Nc3cccc4c(O)cccc34)cc2)cc1. The number of sulfonamides is 1. The smallest absolute Gasteiger partial charge is 0.261 e. The van der Waals surface area contributed by atoms with Gasteiger partial charge >= 0.3 is 0 Å². The van der Waals surface area contributed by atoms with Gasteiger partial charge in [0.1, 0.15) is 5.75 Å². The number of anilines is 3. The number of nitrogens with one attached hydrogen (secondary N) is 3. The molecule has 0 aliphatic rings. The number of fused-ring (bicyclic) bond motifs is 1. The Labute approximate surface area is 196 Å². The molecule has 8 nitrogen and oxygen atoms in total. The van der Waals surface area contributed by atoms with Crippen LogP contribution in [0.15, 0.2) is 89.8 Å². The van der Waals surface area contributed by atoms with Crippen LogP contribution in [0.1, 0.15) is 17.3 Å². The van der Waals surface area contributed by atoms with Gasteiger partial charge < -0.3 is 15.7 Å². The minimum Gasteiger partial charge on any atom is -0.507 e. The number of phenols is 1. The average Bonchev–Trinajstić information content (AvgIpc) is 2.80. The minimum absolute atomic E-state index is 0.0302. The van der Waals surface area contributed by atoms with Crippen molar-refractivity contribution >= 4 is 49.7 Å². The van der Waals surface area contributed by atoms with E-state index in [0.29, 0.717) is 27.7 Å². The zero-order chi connectivity index (χ0) is 24.3. The Morgan fingerprint density at radius 1 is 0.735 bits per heavy atom. The molecule has 9 heteroatoms. The number of benzene rings is 4. The molecule has 0 aliphatic heterocycles. The maximum absolute atomic E-state index is 12.7. The van der Waals surface area contributed by atoms with E-state index in [0.717, 1.165) is 0 Å². The van der Waals surface area contributed by atoms with Gasteiger partial charge in [-0.1, -0.05) is 24.3 Å². The summed E-state index contributed by atoms with van der Waals surface area (Å²) in [6, 6.07) is 22.1. The van der Waals surface area contributed by atoms with Crippen molar-refractivity contribution in [2.45, 2.75) is 11.8 Å². The summed E-state index contributed by atoms with van der Waals surface area (Å²) < 4.78 is 27.8. The highest BCUT2D eigenvalue weighted by molar-refractivity contribution is 7.92. The Morgan fingerprint density at radius 2 is 1.35 bits per heavy atom. The third-order valence-electron chi connectivity index (χ3n) is 5.03. The van der Waals surface area contributed by atoms with Gasteiger partial charge in [0.2, 0.25) is 5.91 Å². The lowest BCUT2D eigenvalue weighted by Gasteiger charge is -2.11. The van der Waals surface area contributed by atoms with Crippen molar-refractivity contribution in [1.29, 1.82) is 0 Å². The molecule has 4 N–H and O–H groups in total. The molecule has 0 atom stereocenters. The first kappa shape index (κ1) is 22.8. The molecule has 4 aromatic rings. The summed E-state index contributed by atoms with van der Waals surface area (Å²) in [6.45, 7) is 1.36. The normalized spacial score (nSPS) is 11.1. The number of rotatable bonds is 6.